The minimum Gasteiger partial charge on any atom is -0.486 e. The normalized spacial score (nSPS) is 10.3. The van der Waals surface area contributed by atoms with Gasteiger partial charge in [-0.1, -0.05) is 23.2 Å². The van der Waals surface area contributed by atoms with Crippen LogP contribution in [-0.4, -0.2) is 11.1 Å². The van der Waals surface area contributed by atoms with Crippen LogP contribution in [0.2, 0.25) is 10.0 Å². The fourth-order valence-electron chi connectivity index (χ4n) is 1.40. The molecule has 3 nitrogen and oxygen atoms in total. The molecule has 0 bridgehead atoms. The highest BCUT2D eigenvalue weighted by molar-refractivity contribution is 7.07. The zero-order chi connectivity index (χ0) is 13.1. The van der Waals surface area contributed by atoms with Gasteiger partial charge in [-0.3, -0.25) is 0 Å². The molecule has 1 aromatic carbocycles. The number of thiophene rings is 1. The highest BCUT2D eigenvalue weighted by Crippen LogP contribution is 2.33. The lowest BCUT2D eigenvalue weighted by Gasteiger charge is -2.10. The molecule has 18 heavy (non-hydrogen) atoms. The molecule has 0 saturated carbocycles. The third-order valence-corrected chi connectivity index (χ3v) is 3.43. The van der Waals surface area contributed by atoms with E-state index >= 15 is 0 Å². The molecule has 1 aromatic heterocycles. The number of rotatable bonds is 4. The molecule has 2 aromatic rings. The molecule has 6 heteroatoms. The van der Waals surface area contributed by atoms with Crippen LogP contribution in [0.25, 0.3) is 0 Å². The molecule has 0 aliphatic carbocycles. The Kier molecular flexibility index (Phi) is 4.11. The fraction of sp³-hybridized carbons (Fsp3) is 0.0833. The second kappa shape index (κ2) is 5.61. The lowest BCUT2D eigenvalue weighted by atomic mass is 10.2. The van der Waals surface area contributed by atoms with Gasteiger partial charge in [-0.05, 0) is 34.5 Å². The minimum atomic E-state index is -1.13. The minimum absolute atomic E-state index is 0.0391. The number of carboxylic acid groups (broad SMARTS) is 1. The first-order valence-electron chi connectivity index (χ1n) is 4.94. The molecule has 0 spiro atoms. The summed E-state index contributed by atoms with van der Waals surface area (Å²) in [6, 6.07) is 4.67. The van der Waals surface area contributed by atoms with Crippen molar-refractivity contribution in [3.63, 3.8) is 0 Å². The van der Waals surface area contributed by atoms with E-state index in [1.165, 1.54) is 12.1 Å². The van der Waals surface area contributed by atoms with Crippen LogP contribution in [0, 0.1) is 0 Å². The second-order valence-corrected chi connectivity index (χ2v) is 5.11. The first kappa shape index (κ1) is 13.2. The maximum absolute atomic E-state index is 11.1. The Labute approximate surface area is 118 Å². The van der Waals surface area contributed by atoms with Crippen molar-refractivity contribution in [1.29, 1.82) is 0 Å². The van der Waals surface area contributed by atoms with Gasteiger partial charge in [-0.15, -0.1) is 0 Å². The van der Waals surface area contributed by atoms with Crippen LogP contribution < -0.4 is 4.74 Å². The van der Waals surface area contributed by atoms with Crippen LogP contribution in [0.1, 0.15) is 15.9 Å². The largest absolute Gasteiger partial charge is 0.486 e. The highest BCUT2D eigenvalue weighted by atomic mass is 35.5. The van der Waals surface area contributed by atoms with Gasteiger partial charge < -0.3 is 9.84 Å². The molecular weight excluding hydrogens is 295 g/mol. The van der Waals surface area contributed by atoms with Gasteiger partial charge in [0.05, 0.1) is 5.02 Å². The Morgan fingerprint density at radius 1 is 1.39 bits per heavy atom. The summed E-state index contributed by atoms with van der Waals surface area (Å²) in [5.41, 5.74) is 0.921. The lowest BCUT2D eigenvalue weighted by Crippen LogP contribution is -2.03. The molecule has 1 heterocycles. The van der Waals surface area contributed by atoms with Crippen LogP contribution >= 0.6 is 34.5 Å². The molecule has 0 atom stereocenters. The molecule has 94 valence electrons. The van der Waals surface area contributed by atoms with Gasteiger partial charge in [0.1, 0.15) is 12.2 Å². The van der Waals surface area contributed by atoms with Crippen molar-refractivity contribution in [2.75, 3.05) is 0 Å². The van der Waals surface area contributed by atoms with Crippen LogP contribution in [0.15, 0.2) is 29.0 Å². The maximum atomic E-state index is 11.1. The predicted molar refractivity (Wildman–Crippen MR) is 72.1 cm³/mol. The zero-order valence-electron chi connectivity index (χ0n) is 9.02. The summed E-state index contributed by atoms with van der Waals surface area (Å²) in [6.45, 7) is 0.269. The summed E-state index contributed by atoms with van der Waals surface area (Å²) in [5, 5.41) is 13.4. The maximum Gasteiger partial charge on any atom is 0.339 e. The standard InChI is InChI=1S/C12H8Cl2O3S/c13-8-3-9(12(15)16)11(10(14)4-8)17-5-7-1-2-18-6-7/h1-4,6H,5H2,(H,15,16). The summed E-state index contributed by atoms with van der Waals surface area (Å²) in [7, 11) is 0. The number of aromatic carboxylic acids is 1. The Morgan fingerprint density at radius 2 is 2.17 bits per heavy atom. The number of hydrogen-bond acceptors (Lipinski definition) is 3. The second-order valence-electron chi connectivity index (χ2n) is 3.49. The molecule has 1 N–H and O–H groups in total. The van der Waals surface area contributed by atoms with Gasteiger partial charge in [-0.2, -0.15) is 11.3 Å². The molecule has 0 saturated heterocycles. The van der Waals surface area contributed by atoms with E-state index < -0.39 is 5.97 Å². The van der Waals surface area contributed by atoms with E-state index in [2.05, 4.69) is 0 Å². The molecule has 0 aliphatic heterocycles. The average molecular weight is 303 g/mol. The van der Waals surface area contributed by atoms with Crippen LogP contribution in [0.5, 0.6) is 5.75 Å². The van der Waals surface area contributed by atoms with Crippen molar-refractivity contribution in [2.45, 2.75) is 6.61 Å². The number of halogens is 2. The van der Waals surface area contributed by atoms with Crippen molar-refractivity contribution in [2.24, 2.45) is 0 Å². The molecule has 2 rings (SSSR count). The topological polar surface area (TPSA) is 46.5 Å². The van der Waals surface area contributed by atoms with Crippen molar-refractivity contribution in [1.82, 2.24) is 0 Å². The summed E-state index contributed by atoms with van der Waals surface area (Å²) < 4.78 is 5.46. The van der Waals surface area contributed by atoms with Crippen LogP contribution in [0.4, 0.5) is 0 Å². The van der Waals surface area contributed by atoms with Gasteiger partial charge in [0.15, 0.2) is 5.75 Å². The number of carboxylic acids is 1. The molecule has 0 unspecified atom stereocenters. The molecule has 0 aliphatic rings. The summed E-state index contributed by atoms with van der Waals surface area (Å²) in [5.74, 6) is -0.987. The first-order valence-corrected chi connectivity index (χ1v) is 6.64. The Bertz CT molecular complexity index is 567. The summed E-state index contributed by atoms with van der Waals surface area (Å²) in [6.07, 6.45) is 0. The van der Waals surface area contributed by atoms with E-state index in [1.54, 1.807) is 11.3 Å². The summed E-state index contributed by atoms with van der Waals surface area (Å²) in [4.78, 5) is 11.1. The number of ether oxygens (including phenoxy) is 1. The van der Waals surface area contributed by atoms with Gasteiger partial charge in [0, 0.05) is 5.02 Å². The predicted octanol–water partition coefficient (Wildman–Crippen LogP) is 4.33. The monoisotopic (exact) mass is 302 g/mol. The fourth-order valence-corrected chi connectivity index (χ4v) is 2.60. The third-order valence-electron chi connectivity index (χ3n) is 2.20. The lowest BCUT2D eigenvalue weighted by molar-refractivity contribution is 0.0692. The first-order chi connectivity index (χ1) is 8.58. The smallest absolute Gasteiger partial charge is 0.339 e. The Morgan fingerprint density at radius 3 is 2.78 bits per heavy atom. The highest BCUT2D eigenvalue weighted by Gasteiger charge is 2.16. The molecule has 0 fully saturated rings. The number of carbonyl (C=O) groups is 1. The average Bonchev–Trinajstić information content (AvgIpc) is 2.79. The van der Waals surface area contributed by atoms with Crippen molar-refractivity contribution in [3.05, 3.63) is 50.1 Å². The van der Waals surface area contributed by atoms with E-state index in [4.69, 9.17) is 33.0 Å². The van der Waals surface area contributed by atoms with Gasteiger partial charge >= 0.3 is 5.97 Å². The van der Waals surface area contributed by atoms with Crippen molar-refractivity contribution in [3.8, 4) is 5.75 Å². The number of benzene rings is 1. The molecule has 0 amide bonds. The summed E-state index contributed by atoms with van der Waals surface area (Å²) >= 11 is 13.3. The SMILES string of the molecule is O=C(O)c1cc(Cl)cc(Cl)c1OCc1ccsc1. The van der Waals surface area contributed by atoms with Gasteiger partial charge in [-0.25, -0.2) is 4.79 Å². The van der Waals surface area contributed by atoms with Crippen molar-refractivity contribution >= 4 is 40.5 Å². The Hall–Kier alpha value is -1.23. The van der Waals surface area contributed by atoms with Crippen LogP contribution in [-0.2, 0) is 6.61 Å². The third kappa shape index (κ3) is 2.96. The van der Waals surface area contributed by atoms with E-state index in [1.807, 2.05) is 16.8 Å². The quantitative estimate of drug-likeness (QED) is 0.914. The van der Waals surface area contributed by atoms with E-state index in [-0.39, 0.29) is 28.0 Å². The number of hydrogen-bond donors (Lipinski definition) is 1. The van der Waals surface area contributed by atoms with E-state index in [0.717, 1.165) is 5.56 Å². The van der Waals surface area contributed by atoms with Crippen LogP contribution in [0.3, 0.4) is 0 Å². The Balaban J connectivity index is 2.28. The van der Waals surface area contributed by atoms with E-state index in [9.17, 15) is 4.79 Å². The molecular formula is C12H8Cl2O3S. The van der Waals surface area contributed by atoms with Gasteiger partial charge in [0.25, 0.3) is 0 Å². The molecule has 0 radical (unpaired) electrons. The van der Waals surface area contributed by atoms with E-state index in [0.29, 0.717) is 0 Å². The van der Waals surface area contributed by atoms with Gasteiger partial charge in [0.2, 0.25) is 0 Å². The van der Waals surface area contributed by atoms with Crippen molar-refractivity contribution < 1.29 is 14.6 Å². The zero-order valence-corrected chi connectivity index (χ0v) is 11.4.